The van der Waals surface area contributed by atoms with Gasteiger partial charge in [0.15, 0.2) is 6.29 Å². The van der Waals surface area contributed by atoms with Crippen LogP contribution in [0.5, 0.6) is 0 Å². The van der Waals surface area contributed by atoms with Crippen molar-refractivity contribution >= 4 is 5.91 Å². The molecule has 64 heavy (non-hydrogen) atoms. The summed E-state index contributed by atoms with van der Waals surface area (Å²) in [5.74, 6) is -0.195. The second-order valence-electron chi connectivity index (χ2n) is 17.9. The van der Waals surface area contributed by atoms with Gasteiger partial charge in [-0.15, -0.1) is 0 Å². The maximum absolute atomic E-state index is 13.0. The maximum Gasteiger partial charge on any atom is 0.220 e. The van der Waals surface area contributed by atoms with E-state index in [1.165, 1.54) is 128 Å². The second-order valence-corrected chi connectivity index (χ2v) is 17.9. The van der Waals surface area contributed by atoms with Crippen molar-refractivity contribution in [1.82, 2.24) is 5.32 Å². The summed E-state index contributed by atoms with van der Waals surface area (Å²) < 4.78 is 11.2. The van der Waals surface area contributed by atoms with Gasteiger partial charge >= 0.3 is 0 Å². The van der Waals surface area contributed by atoms with Crippen LogP contribution < -0.4 is 5.32 Å². The highest BCUT2D eigenvalue weighted by Gasteiger charge is 2.44. The number of unbranched alkanes of at least 4 members (excludes halogenated alkanes) is 23. The molecule has 0 aromatic heterocycles. The van der Waals surface area contributed by atoms with Crippen LogP contribution in [0.3, 0.4) is 0 Å². The summed E-state index contributed by atoms with van der Waals surface area (Å²) in [6.07, 6.45) is 54.2. The van der Waals surface area contributed by atoms with Crippen molar-refractivity contribution in [3.8, 4) is 0 Å². The monoisotopic (exact) mass is 900 g/mol. The minimum atomic E-state index is -1.58. The zero-order valence-electron chi connectivity index (χ0n) is 40.8. The van der Waals surface area contributed by atoms with E-state index in [0.29, 0.717) is 6.42 Å². The van der Waals surface area contributed by atoms with Crippen LogP contribution in [0.2, 0.25) is 0 Å². The number of amides is 1. The summed E-state index contributed by atoms with van der Waals surface area (Å²) >= 11 is 0. The second kappa shape index (κ2) is 44.5. The maximum atomic E-state index is 13.0. The Morgan fingerprint density at radius 2 is 0.984 bits per heavy atom. The highest BCUT2D eigenvalue weighted by Crippen LogP contribution is 2.23. The summed E-state index contributed by atoms with van der Waals surface area (Å²) in [5.41, 5.74) is 0. The molecule has 1 heterocycles. The van der Waals surface area contributed by atoms with E-state index >= 15 is 0 Å². The fraction of sp³-hybridized carbons (Fsp3) is 0.764. The third-order valence-electron chi connectivity index (χ3n) is 12.0. The van der Waals surface area contributed by atoms with Gasteiger partial charge in [-0.25, -0.2) is 0 Å². The minimum Gasteiger partial charge on any atom is -0.394 e. The van der Waals surface area contributed by atoms with E-state index in [4.69, 9.17) is 9.47 Å². The van der Waals surface area contributed by atoms with E-state index in [-0.39, 0.29) is 12.5 Å². The molecule has 7 atom stereocenters. The largest absolute Gasteiger partial charge is 0.394 e. The van der Waals surface area contributed by atoms with E-state index < -0.39 is 49.5 Å². The predicted molar refractivity (Wildman–Crippen MR) is 267 cm³/mol. The van der Waals surface area contributed by atoms with Crippen molar-refractivity contribution in [3.63, 3.8) is 0 Å². The normalized spacial score (nSPS) is 20.6. The first-order valence-electron chi connectivity index (χ1n) is 26.2. The average Bonchev–Trinajstić information content (AvgIpc) is 3.29. The molecule has 0 aromatic carbocycles. The SMILES string of the molecule is CC/C=C/CC/C=C/CC/C=C/C(O)C(COC1OC(CO)C(O)C(O)C1O)NC(=O)CCCCCCCCCCCCCCCCCC/C=C\C/C=C\C/C=C\CCCCCCC. The van der Waals surface area contributed by atoms with Gasteiger partial charge in [0.1, 0.15) is 24.4 Å². The van der Waals surface area contributed by atoms with Gasteiger partial charge in [-0.1, -0.05) is 202 Å². The number of aliphatic hydroxyl groups excluding tert-OH is 5. The van der Waals surface area contributed by atoms with Gasteiger partial charge in [0.05, 0.1) is 25.4 Å². The van der Waals surface area contributed by atoms with Crippen LogP contribution in [-0.2, 0) is 14.3 Å². The van der Waals surface area contributed by atoms with E-state index in [2.05, 4.69) is 79.9 Å². The zero-order chi connectivity index (χ0) is 46.6. The van der Waals surface area contributed by atoms with Gasteiger partial charge in [-0.3, -0.25) is 4.79 Å². The van der Waals surface area contributed by atoms with Gasteiger partial charge in [0.25, 0.3) is 0 Å². The molecule has 0 radical (unpaired) electrons. The summed E-state index contributed by atoms with van der Waals surface area (Å²) in [6.45, 7) is 3.61. The lowest BCUT2D eigenvalue weighted by Crippen LogP contribution is -2.60. The first kappa shape index (κ1) is 59.6. The molecule has 1 aliphatic rings. The molecule has 9 heteroatoms. The summed E-state index contributed by atoms with van der Waals surface area (Å²) in [7, 11) is 0. The van der Waals surface area contributed by atoms with E-state index in [1.54, 1.807) is 6.08 Å². The van der Waals surface area contributed by atoms with E-state index in [1.807, 2.05) is 6.08 Å². The Morgan fingerprint density at radius 3 is 1.48 bits per heavy atom. The Morgan fingerprint density at radius 1 is 0.547 bits per heavy atom. The number of carbonyl (C=O) groups is 1. The third kappa shape index (κ3) is 34.0. The number of ether oxygens (including phenoxy) is 2. The Hall–Kier alpha value is -2.37. The van der Waals surface area contributed by atoms with Crippen molar-refractivity contribution in [2.75, 3.05) is 13.2 Å². The number of carbonyl (C=O) groups excluding carboxylic acids is 1. The molecule has 9 nitrogen and oxygen atoms in total. The number of hydrogen-bond donors (Lipinski definition) is 6. The molecule has 0 bridgehead atoms. The number of nitrogens with one attached hydrogen (secondary N) is 1. The number of rotatable bonds is 43. The first-order valence-corrected chi connectivity index (χ1v) is 26.2. The smallest absolute Gasteiger partial charge is 0.220 e. The Labute approximate surface area is 391 Å². The molecular weight excluding hydrogens is 803 g/mol. The fourth-order valence-electron chi connectivity index (χ4n) is 7.85. The lowest BCUT2D eigenvalue weighted by atomic mass is 9.99. The molecule has 6 N–H and O–H groups in total. The first-order chi connectivity index (χ1) is 31.3. The molecule has 1 amide bonds. The molecule has 1 aliphatic heterocycles. The predicted octanol–water partition coefficient (Wildman–Crippen LogP) is 12.1. The molecule has 1 saturated heterocycles. The summed E-state index contributed by atoms with van der Waals surface area (Å²) in [6, 6.07) is -0.828. The minimum absolute atomic E-state index is 0.195. The molecule has 1 rings (SSSR count). The third-order valence-corrected chi connectivity index (χ3v) is 12.0. The molecule has 1 fully saturated rings. The standard InChI is InChI=1S/C55H97NO8/c1-3-5-7-9-11-13-15-16-17-18-19-20-21-22-23-24-25-26-27-28-29-30-31-32-33-34-35-37-39-41-43-45-51(59)56-48(47-63-55-54(62)53(61)52(60)50(46-57)64-55)49(58)44-42-40-38-36-14-12-10-8-6-4-2/h6,8,14-16,18-19,21-22,36,42,44,48-50,52-55,57-58,60-62H,3-5,7,9-13,17,20,23-35,37-41,43,45-47H2,1-2H3,(H,56,59)/b8-6+,16-15-,19-18-,22-21-,36-14+,44-42+. The van der Waals surface area contributed by atoms with Crippen LogP contribution in [0.4, 0.5) is 0 Å². The van der Waals surface area contributed by atoms with Crippen LogP contribution in [-0.4, -0.2) is 87.5 Å². The fourth-order valence-corrected chi connectivity index (χ4v) is 7.85. The Balaban J connectivity index is 2.14. The zero-order valence-corrected chi connectivity index (χ0v) is 40.8. The summed E-state index contributed by atoms with van der Waals surface area (Å²) in [5, 5.41) is 54.1. The molecular formula is C55H97NO8. The topological polar surface area (TPSA) is 149 Å². The van der Waals surface area contributed by atoms with Crippen LogP contribution in [0.15, 0.2) is 72.9 Å². The van der Waals surface area contributed by atoms with Crippen molar-refractivity contribution in [2.45, 2.75) is 256 Å². The van der Waals surface area contributed by atoms with Crippen LogP contribution in [0.25, 0.3) is 0 Å². The lowest BCUT2D eigenvalue weighted by Gasteiger charge is -2.40. The number of allylic oxidation sites excluding steroid dienone is 11. The van der Waals surface area contributed by atoms with Crippen LogP contribution in [0, 0.1) is 0 Å². The van der Waals surface area contributed by atoms with Gasteiger partial charge in [-0.05, 0) is 77.0 Å². The van der Waals surface area contributed by atoms with E-state index in [9.17, 15) is 30.3 Å². The van der Waals surface area contributed by atoms with Crippen molar-refractivity contribution in [2.24, 2.45) is 0 Å². The number of hydrogen-bond acceptors (Lipinski definition) is 8. The highest BCUT2D eigenvalue weighted by molar-refractivity contribution is 5.76. The quantitative estimate of drug-likeness (QED) is 0.0262. The summed E-state index contributed by atoms with van der Waals surface area (Å²) in [4.78, 5) is 13.0. The molecule has 370 valence electrons. The molecule has 7 unspecified atom stereocenters. The molecule has 0 aromatic rings. The van der Waals surface area contributed by atoms with E-state index in [0.717, 1.165) is 64.2 Å². The molecule has 0 saturated carbocycles. The average molecular weight is 900 g/mol. The van der Waals surface area contributed by atoms with Crippen LogP contribution >= 0.6 is 0 Å². The highest BCUT2D eigenvalue weighted by atomic mass is 16.7. The van der Waals surface area contributed by atoms with Gasteiger partial charge in [0.2, 0.25) is 5.91 Å². The van der Waals surface area contributed by atoms with Crippen LogP contribution in [0.1, 0.15) is 213 Å². The van der Waals surface area contributed by atoms with Crippen molar-refractivity contribution < 1.29 is 39.8 Å². The van der Waals surface area contributed by atoms with Crippen molar-refractivity contribution in [1.29, 1.82) is 0 Å². The van der Waals surface area contributed by atoms with Gasteiger partial charge in [-0.2, -0.15) is 0 Å². The van der Waals surface area contributed by atoms with Gasteiger partial charge in [0, 0.05) is 6.42 Å². The molecule has 0 aliphatic carbocycles. The van der Waals surface area contributed by atoms with Crippen molar-refractivity contribution in [3.05, 3.63) is 72.9 Å². The Bertz CT molecular complexity index is 1230. The number of aliphatic hydroxyl groups is 5. The van der Waals surface area contributed by atoms with Gasteiger partial charge < -0.3 is 40.3 Å². The lowest BCUT2D eigenvalue weighted by molar-refractivity contribution is -0.302. The molecule has 0 spiro atoms. The Kier molecular flexibility index (Phi) is 41.4.